The summed E-state index contributed by atoms with van der Waals surface area (Å²) in [5, 5.41) is 2.73. The normalized spacial score (nSPS) is 10.1. The van der Waals surface area contributed by atoms with E-state index in [-0.39, 0.29) is 23.8 Å². The number of hydrogen-bond acceptors (Lipinski definition) is 4. The molecule has 2 amide bonds. The minimum Gasteiger partial charge on any atom is -0.497 e. The topological polar surface area (TPSA) is 90.7 Å². The maximum Gasteiger partial charge on any atom is 0.262 e. The maximum absolute atomic E-state index is 12.0. The lowest BCUT2D eigenvalue weighted by Crippen LogP contribution is -2.21. The number of rotatable bonds is 7. The van der Waals surface area contributed by atoms with Gasteiger partial charge in [0.25, 0.3) is 11.8 Å². The van der Waals surface area contributed by atoms with Crippen molar-refractivity contribution in [3.8, 4) is 11.5 Å². The van der Waals surface area contributed by atoms with Crippen molar-refractivity contribution in [1.29, 1.82) is 0 Å². The number of carbonyl (C=O) groups excluding carboxylic acids is 2. The van der Waals surface area contributed by atoms with Crippen LogP contribution >= 0.6 is 0 Å². The Morgan fingerprint density at radius 3 is 2.42 bits per heavy atom. The minimum atomic E-state index is -0.636. The second kappa shape index (κ2) is 8.01. The van der Waals surface area contributed by atoms with E-state index in [9.17, 15) is 9.59 Å². The molecule has 3 N–H and O–H groups in total. The van der Waals surface area contributed by atoms with Crippen LogP contribution in [0.5, 0.6) is 11.5 Å². The summed E-state index contributed by atoms with van der Waals surface area (Å²) in [4.78, 5) is 23.4. The van der Waals surface area contributed by atoms with Crippen molar-refractivity contribution in [2.75, 3.05) is 19.0 Å². The molecule has 0 saturated heterocycles. The Balaban J connectivity index is 2.01. The number of amides is 2. The first kappa shape index (κ1) is 17.3. The summed E-state index contributed by atoms with van der Waals surface area (Å²) in [6, 6.07) is 12.2. The highest BCUT2D eigenvalue weighted by atomic mass is 16.5. The predicted octanol–water partition coefficient (Wildman–Crippen LogP) is 2.37. The molecule has 24 heavy (non-hydrogen) atoms. The lowest BCUT2D eigenvalue weighted by Gasteiger charge is -2.11. The molecule has 0 bridgehead atoms. The zero-order valence-electron chi connectivity index (χ0n) is 13.7. The molecule has 0 radical (unpaired) electrons. The number of nitrogens with one attached hydrogen (secondary N) is 1. The van der Waals surface area contributed by atoms with Gasteiger partial charge in [-0.25, -0.2) is 0 Å². The van der Waals surface area contributed by atoms with Crippen LogP contribution in [0, 0.1) is 0 Å². The Labute approximate surface area is 140 Å². The molecule has 0 spiro atoms. The third kappa shape index (κ3) is 4.49. The van der Waals surface area contributed by atoms with Gasteiger partial charge in [0.1, 0.15) is 11.5 Å². The minimum absolute atomic E-state index is 0.191. The fourth-order valence-electron chi connectivity index (χ4n) is 2.12. The van der Waals surface area contributed by atoms with Gasteiger partial charge in [-0.05, 0) is 36.2 Å². The summed E-state index contributed by atoms with van der Waals surface area (Å²) in [6.07, 6.45) is 0.934. The molecule has 2 aromatic carbocycles. The number of benzene rings is 2. The summed E-state index contributed by atoms with van der Waals surface area (Å²) in [7, 11) is 1.50. The molecule has 0 saturated carbocycles. The monoisotopic (exact) mass is 328 g/mol. The zero-order valence-corrected chi connectivity index (χ0v) is 13.7. The Bertz CT molecular complexity index is 726. The first-order valence-electron chi connectivity index (χ1n) is 7.53. The molecule has 2 aromatic rings. The van der Waals surface area contributed by atoms with Crippen molar-refractivity contribution >= 4 is 17.5 Å². The molecule has 0 aliphatic rings. The Kier molecular flexibility index (Phi) is 5.78. The Morgan fingerprint density at radius 1 is 1.12 bits per heavy atom. The van der Waals surface area contributed by atoms with Crippen molar-refractivity contribution in [3.05, 3.63) is 53.6 Å². The van der Waals surface area contributed by atoms with E-state index in [1.54, 1.807) is 6.07 Å². The average Bonchev–Trinajstić information content (AvgIpc) is 2.60. The molecule has 0 aliphatic heterocycles. The fourth-order valence-corrected chi connectivity index (χ4v) is 2.12. The van der Waals surface area contributed by atoms with Gasteiger partial charge in [0, 0.05) is 11.8 Å². The smallest absolute Gasteiger partial charge is 0.262 e. The lowest BCUT2D eigenvalue weighted by atomic mass is 10.1. The van der Waals surface area contributed by atoms with E-state index in [4.69, 9.17) is 15.2 Å². The van der Waals surface area contributed by atoms with Crippen LogP contribution in [0.4, 0.5) is 5.69 Å². The molecule has 0 aromatic heterocycles. The van der Waals surface area contributed by atoms with E-state index in [0.29, 0.717) is 11.4 Å². The summed E-state index contributed by atoms with van der Waals surface area (Å²) in [5.74, 6) is -0.260. The molecule has 6 heteroatoms. The average molecular weight is 328 g/mol. The maximum atomic E-state index is 12.0. The molecule has 126 valence electrons. The number of hydrogen-bond donors (Lipinski definition) is 2. The van der Waals surface area contributed by atoms with Crippen molar-refractivity contribution in [3.63, 3.8) is 0 Å². The van der Waals surface area contributed by atoms with Gasteiger partial charge in [-0.1, -0.05) is 19.1 Å². The van der Waals surface area contributed by atoms with Crippen LogP contribution in [0.25, 0.3) is 0 Å². The summed E-state index contributed by atoms with van der Waals surface area (Å²) in [6.45, 7) is 1.81. The molecule has 0 fully saturated rings. The second-order valence-electron chi connectivity index (χ2n) is 5.11. The number of anilines is 1. The van der Waals surface area contributed by atoms with Crippen molar-refractivity contribution < 1.29 is 19.1 Å². The summed E-state index contributed by atoms with van der Waals surface area (Å²) in [5.41, 5.74) is 7.36. The SMILES string of the molecule is CCc1ccc(NC(=O)COc2cc(OC)ccc2C(N)=O)cc1. The zero-order chi connectivity index (χ0) is 17.5. The van der Waals surface area contributed by atoms with Crippen molar-refractivity contribution in [2.24, 2.45) is 5.73 Å². The number of primary amides is 1. The van der Waals surface area contributed by atoms with Crippen LogP contribution in [0.3, 0.4) is 0 Å². The number of carbonyl (C=O) groups is 2. The first-order chi connectivity index (χ1) is 11.5. The summed E-state index contributed by atoms with van der Waals surface area (Å²) < 4.78 is 10.5. The number of methoxy groups -OCH3 is 1. The predicted molar refractivity (Wildman–Crippen MR) is 91.5 cm³/mol. The standard InChI is InChI=1S/C18H20N2O4/c1-3-12-4-6-13(7-5-12)20-17(21)11-24-16-10-14(23-2)8-9-15(16)18(19)22/h4-10H,3,11H2,1-2H3,(H2,19,22)(H,20,21). The number of ether oxygens (including phenoxy) is 2. The van der Waals surface area contributed by atoms with E-state index in [2.05, 4.69) is 12.2 Å². The van der Waals surface area contributed by atoms with Crippen LogP contribution in [-0.4, -0.2) is 25.5 Å². The highest BCUT2D eigenvalue weighted by molar-refractivity contribution is 5.96. The number of aryl methyl sites for hydroxylation is 1. The number of nitrogens with two attached hydrogens (primary N) is 1. The van der Waals surface area contributed by atoms with E-state index in [0.717, 1.165) is 6.42 Å². The third-order valence-corrected chi connectivity index (χ3v) is 3.46. The fraction of sp³-hybridized carbons (Fsp3) is 0.222. The van der Waals surface area contributed by atoms with Gasteiger partial charge in [0.15, 0.2) is 6.61 Å². The molecule has 0 unspecified atom stereocenters. The van der Waals surface area contributed by atoms with Gasteiger partial charge in [-0.15, -0.1) is 0 Å². The van der Waals surface area contributed by atoms with Gasteiger partial charge < -0.3 is 20.5 Å². The highest BCUT2D eigenvalue weighted by Gasteiger charge is 2.12. The lowest BCUT2D eigenvalue weighted by molar-refractivity contribution is -0.118. The van der Waals surface area contributed by atoms with Crippen LogP contribution in [-0.2, 0) is 11.2 Å². The van der Waals surface area contributed by atoms with Gasteiger partial charge in [0.05, 0.1) is 12.7 Å². The molecular weight excluding hydrogens is 308 g/mol. The van der Waals surface area contributed by atoms with Crippen LogP contribution < -0.4 is 20.5 Å². The van der Waals surface area contributed by atoms with E-state index in [1.807, 2.05) is 24.3 Å². The second-order valence-corrected chi connectivity index (χ2v) is 5.11. The molecule has 0 heterocycles. The van der Waals surface area contributed by atoms with E-state index < -0.39 is 5.91 Å². The molecule has 6 nitrogen and oxygen atoms in total. The van der Waals surface area contributed by atoms with Crippen LogP contribution in [0.15, 0.2) is 42.5 Å². The molecule has 0 atom stereocenters. The Morgan fingerprint density at radius 2 is 1.83 bits per heavy atom. The Hall–Kier alpha value is -3.02. The van der Waals surface area contributed by atoms with E-state index >= 15 is 0 Å². The van der Waals surface area contributed by atoms with Crippen LogP contribution in [0.1, 0.15) is 22.8 Å². The molecule has 2 rings (SSSR count). The third-order valence-electron chi connectivity index (χ3n) is 3.46. The van der Waals surface area contributed by atoms with Gasteiger partial charge >= 0.3 is 0 Å². The first-order valence-corrected chi connectivity index (χ1v) is 7.53. The van der Waals surface area contributed by atoms with Gasteiger partial charge in [-0.2, -0.15) is 0 Å². The molecule has 0 aliphatic carbocycles. The van der Waals surface area contributed by atoms with E-state index in [1.165, 1.54) is 24.8 Å². The quantitative estimate of drug-likeness (QED) is 0.816. The van der Waals surface area contributed by atoms with Crippen LogP contribution in [0.2, 0.25) is 0 Å². The molecular formula is C18H20N2O4. The van der Waals surface area contributed by atoms with Gasteiger partial charge in [0.2, 0.25) is 0 Å². The highest BCUT2D eigenvalue weighted by Crippen LogP contribution is 2.24. The largest absolute Gasteiger partial charge is 0.497 e. The van der Waals surface area contributed by atoms with Crippen molar-refractivity contribution in [2.45, 2.75) is 13.3 Å². The van der Waals surface area contributed by atoms with Gasteiger partial charge in [-0.3, -0.25) is 9.59 Å². The van der Waals surface area contributed by atoms with Crippen molar-refractivity contribution in [1.82, 2.24) is 0 Å². The summed E-state index contributed by atoms with van der Waals surface area (Å²) >= 11 is 0.